The molecule has 0 saturated carbocycles. The SMILES string of the molecule is CCCNCc1cn(CCc2scnc2C)nn1. The van der Waals surface area contributed by atoms with Gasteiger partial charge in [0, 0.05) is 30.6 Å². The molecule has 6 heteroatoms. The Hall–Kier alpha value is -1.27. The second-order valence-corrected chi connectivity index (χ2v) is 5.20. The van der Waals surface area contributed by atoms with Crippen LogP contribution in [0.25, 0.3) is 0 Å². The molecule has 0 saturated heterocycles. The Morgan fingerprint density at radius 3 is 3.06 bits per heavy atom. The molecule has 0 radical (unpaired) electrons. The second-order valence-electron chi connectivity index (χ2n) is 4.26. The van der Waals surface area contributed by atoms with E-state index >= 15 is 0 Å². The maximum Gasteiger partial charge on any atom is 0.0964 e. The van der Waals surface area contributed by atoms with E-state index in [0.29, 0.717) is 0 Å². The van der Waals surface area contributed by atoms with Crippen LogP contribution in [0.4, 0.5) is 0 Å². The van der Waals surface area contributed by atoms with Crippen LogP contribution in [0.5, 0.6) is 0 Å². The van der Waals surface area contributed by atoms with Crippen molar-refractivity contribution in [2.45, 2.75) is 39.8 Å². The normalized spacial score (nSPS) is 11.0. The van der Waals surface area contributed by atoms with Gasteiger partial charge in [-0.15, -0.1) is 16.4 Å². The van der Waals surface area contributed by atoms with Crippen molar-refractivity contribution in [2.75, 3.05) is 6.54 Å². The van der Waals surface area contributed by atoms with E-state index in [-0.39, 0.29) is 0 Å². The Morgan fingerprint density at radius 2 is 2.33 bits per heavy atom. The van der Waals surface area contributed by atoms with E-state index in [2.05, 4.69) is 27.5 Å². The van der Waals surface area contributed by atoms with Crippen LogP contribution >= 0.6 is 11.3 Å². The van der Waals surface area contributed by atoms with E-state index in [4.69, 9.17) is 0 Å². The number of hydrogen-bond donors (Lipinski definition) is 1. The maximum atomic E-state index is 4.25. The minimum absolute atomic E-state index is 0.799. The summed E-state index contributed by atoms with van der Waals surface area (Å²) >= 11 is 1.71. The third-order valence-electron chi connectivity index (χ3n) is 2.73. The van der Waals surface area contributed by atoms with Crippen LogP contribution in [0.3, 0.4) is 0 Å². The first-order chi connectivity index (χ1) is 8.79. The van der Waals surface area contributed by atoms with Gasteiger partial charge in [-0.2, -0.15) is 0 Å². The van der Waals surface area contributed by atoms with E-state index in [1.807, 2.05) is 23.3 Å². The molecule has 0 aromatic carbocycles. The third kappa shape index (κ3) is 3.61. The lowest BCUT2D eigenvalue weighted by Crippen LogP contribution is -2.13. The van der Waals surface area contributed by atoms with Crippen molar-refractivity contribution < 1.29 is 0 Å². The van der Waals surface area contributed by atoms with Crippen molar-refractivity contribution in [1.29, 1.82) is 0 Å². The molecule has 0 amide bonds. The molecule has 1 N–H and O–H groups in total. The first-order valence-electron chi connectivity index (χ1n) is 6.28. The van der Waals surface area contributed by atoms with Crippen LogP contribution in [0.2, 0.25) is 0 Å². The quantitative estimate of drug-likeness (QED) is 0.775. The van der Waals surface area contributed by atoms with E-state index in [9.17, 15) is 0 Å². The van der Waals surface area contributed by atoms with E-state index in [1.54, 1.807) is 11.3 Å². The molecule has 0 bridgehead atoms. The number of thiazole rings is 1. The van der Waals surface area contributed by atoms with Gasteiger partial charge in [-0.1, -0.05) is 12.1 Å². The van der Waals surface area contributed by atoms with Crippen LogP contribution in [0.1, 0.15) is 29.6 Å². The van der Waals surface area contributed by atoms with E-state index < -0.39 is 0 Å². The van der Waals surface area contributed by atoms with Crippen molar-refractivity contribution >= 4 is 11.3 Å². The van der Waals surface area contributed by atoms with Gasteiger partial charge in [0.25, 0.3) is 0 Å². The molecule has 2 aromatic rings. The Bertz CT molecular complexity index is 476. The van der Waals surface area contributed by atoms with Gasteiger partial charge in [-0.05, 0) is 19.9 Å². The molecule has 2 rings (SSSR count). The van der Waals surface area contributed by atoms with Crippen LogP contribution < -0.4 is 5.32 Å². The van der Waals surface area contributed by atoms with Gasteiger partial charge >= 0.3 is 0 Å². The standard InChI is InChI=1S/C12H19N5S/c1-3-5-13-7-11-8-17(16-15-11)6-4-12-10(2)14-9-18-12/h8-9,13H,3-7H2,1-2H3. The Morgan fingerprint density at radius 1 is 1.44 bits per heavy atom. The Balaban J connectivity index is 1.81. The molecule has 2 aromatic heterocycles. The average molecular weight is 265 g/mol. The highest BCUT2D eigenvalue weighted by atomic mass is 32.1. The smallest absolute Gasteiger partial charge is 0.0964 e. The zero-order valence-electron chi connectivity index (χ0n) is 10.9. The van der Waals surface area contributed by atoms with Gasteiger partial charge in [0.2, 0.25) is 0 Å². The monoisotopic (exact) mass is 265 g/mol. The fourth-order valence-corrected chi connectivity index (χ4v) is 2.47. The minimum atomic E-state index is 0.799. The van der Waals surface area contributed by atoms with Gasteiger partial charge in [0.05, 0.1) is 16.9 Å². The fourth-order valence-electron chi connectivity index (χ4n) is 1.70. The highest BCUT2D eigenvalue weighted by Crippen LogP contribution is 2.13. The van der Waals surface area contributed by atoms with Gasteiger partial charge in [0.15, 0.2) is 0 Å². The number of aryl methyl sites for hydroxylation is 3. The topological polar surface area (TPSA) is 55.6 Å². The zero-order chi connectivity index (χ0) is 12.8. The molecular formula is C12H19N5S. The molecular weight excluding hydrogens is 246 g/mol. The lowest BCUT2D eigenvalue weighted by molar-refractivity contribution is 0.590. The molecule has 0 aliphatic rings. The molecule has 0 aliphatic heterocycles. The summed E-state index contributed by atoms with van der Waals surface area (Å²) in [6.45, 7) is 6.89. The molecule has 0 aliphatic carbocycles. The highest BCUT2D eigenvalue weighted by molar-refractivity contribution is 7.09. The van der Waals surface area contributed by atoms with Crippen molar-refractivity contribution in [3.63, 3.8) is 0 Å². The Kier molecular flexibility index (Phi) is 4.83. The minimum Gasteiger partial charge on any atom is -0.311 e. The lowest BCUT2D eigenvalue weighted by Gasteiger charge is -1.99. The summed E-state index contributed by atoms with van der Waals surface area (Å²) < 4.78 is 1.90. The van der Waals surface area contributed by atoms with Crippen LogP contribution in [0, 0.1) is 6.92 Å². The second kappa shape index (κ2) is 6.61. The Labute approximate surface area is 111 Å². The van der Waals surface area contributed by atoms with E-state index in [0.717, 1.165) is 43.9 Å². The van der Waals surface area contributed by atoms with E-state index in [1.165, 1.54) is 4.88 Å². The van der Waals surface area contributed by atoms with Crippen molar-refractivity contribution in [1.82, 2.24) is 25.3 Å². The number of aromatic nitrogens is 4. The summed E-state index contributed by atoms with van der Waals surface area (Å²) in [5.41, 5.74) is 4.03. The predicted octanol–water partition coefficient (Wildman–Crippen LogP) is 1.79. The summed E-state index contributed by atoms with van der Waals surface area (Å²) in [6, 6.07) is 0. The highest BCUT2D eigenvalue weighted by Gasteiger charge is 2.04. The summed E-state index contributed by atoms with van der Waals surface area (Å²) in [5, 5.41) is 11.6. The largest absolute Gasteiger partial charge is 0.311 e. The first-order valence-corrected chi connectivity index (χ1v) is 7.16. The van der Waals surface area contributed by atoms with Crippen LogP contribution in [-0.4, -0.2) is 26.5 Å². The van der Waals surface area contributed by atoms with Crippen molar-refractivity contribution in [2.24, 2.45) is 0 Å². The molecule has 2 heterocycles. The predicted molar refractivity (Wildman–Crippen MR) is 72.6 cm³/mol. The zero-order valence-corrected chi connectivity index (χ0v) is 11.7. The number of nitrogens with zero attached hydrogens (tertiary/aromatic N) is 4. The van der Waals surface area contributed by atoms with Gasteiger partial charge in [-0.3, -0.25) is 4.68 Å². The molecule has 0 unspecified atom stereocenters. The molecule has 0 atom stereocenters. The summed E-state index contributed by atoms with van der Waals surface area (Å²) in [7, 11) is 0. The molecule has 98 valence electrons. The average Bonchev–Trinajstić information content (AvgIpc) is 2.96. The fraction of sp³-hybridized carbons (Fsp3) is 0.583. The van der Waals surface area contributed by atoms with Crippen LogP contribution in [-0.2, 0) is 19.5 Å². The summed E-state index contributed by atoms with van der Waals surface area (Å²) in [4.78, 5) is 5.58. The lowest BCUT2D eigenvalue weighted by atomic mass is 10.3. The molecule has 0 spiro atoms. The number of rotatable bonds is 7. The number of nitrogens with one attached hydrogen (secondary N) is 1. The third-order valence-corrected chi connectivity index (χ3v) is 3.73. The summed E-state index contributed by atoms with van der Waals surface area (Å²) in [6.07, 6.45) is 4.12. The molecule has 5 nitrogen and oxygen atoms in total. The van der Waals surface area contributed by atoms with Crippen molar-refractivity contribution in [3.8, 4) is 0 Å². The summed E-state index contributed by atoms with van der Waals surface area (Å²) in [5.74, 6) is 0. The van der Waals surface area contributed by atoms with Gasteiger partial charge in [0.1, 0.15) is 0 Å². The maximum absolute atomic E-state index is 4.25. The first kappa shape index (κ1) is 13.2. The number of hydrogen-bond acceptors (Lipinski definition) is 5. The molecule has 18 heavy (non-hydrogen) atoms. The van der Waals surface area contributed by atoms with Crippen LogP contribution in [0.15, 0.2) is 11.7 Å². The van der Waals surface area contributed by atoms with Gasteiger partial charge in [-0.25, -0.2) is 4.98 Å². The van der Waals surface area contributed by atoms with Gasteiger partial charge < -0.3 is 5.32 Å². The van der Waals surface area contributed by atoms with Crippen molar-refractivity contribution in [3.05, 3.63) is 28.0 Å². The molecule has 0 fully saturated rings.